The number of carbonyl (C=O) groups excluding carboxylic acids is 2. The highest BCUT2D eigenvalue weighted by atomic mass is 32.1. The highest BCUT2D eigenvalue weighted by Gasteiger charge is 2.35. The van der Waals surface area contributed by atoms with Crippen LogP contribution in [-0.2, 0) is 20.7 Å². The van der Waals surface area contributed by atoms with E-state index in [4.69, 9.17) is 15.7 Å². The largest absolute Gasteiger partial charge is 0.462 e. The molecule has 3 aromatic rings. The maximum Gasteiger partial charge on any atom is 0.313 e. The minimum Gasteiger partial charge on any atom is -0.462 e. The molecule has 2 atom stereocenters. The van der Waals surface area contributed by atoms with Gasteiger partial charge in [0.25, 0.3) is 0 Å². The van der Waals surface area contributed by atoms with Crippen LogP contribution in [0.5, 0.6) is 0 Å². The van der Waals surface area contributed by atoms with E-state index in [1.165, 1.54) is 17.4 Å². The summed E-state index contributed by atoms with van der Waals surface area (Å²) in [7, 11) is 0. The van der Waals surface area contributed by atoms with Crippen molar-refractivity contribution in [3.63, 3.8) is 0 Å². The molecule has 2 heterocycles. The van der Waals surface area contributed by atoms with E-state index in [1.54, 1.807) is 12.1 Å². The Bertz CT molecular complexity index is 1200. The average molecular weight is 450 g/mol. The lowest BCUT2D eigenvalue weighted by atomic mass is 9.92. The Hall–Kier alpha value is -3.57. The van der Waals surface area contributed by atoms with E-state index in [-0.39, 0.29) is 18.9 Å². The first kappa shape index (κ1) is 21.7. The number of rotatable bonds is 7. The van der Waals surface area contributed by atoms with Gasteiger partial charge in [0, 0.05) is 29.3 Å². The summed E-state index contributed by atoms with van der Waals surface area (Å²) in [5, 5.41) is 11.5. The normalized spacial score (nSPS) is 17.7. The van der Waals surface area contributed by atoms with E-state index in [2.05, 4.69) is 11.1 Å². The number of primary amides is 1. The predicted octanol–water partition coefficient (Wildman–Crippen LogP) is 4.35. The van der Waals surface area contributed by atoms with Crippen molar-refractivity contribution in [1.82, 2.24) is 4.98 Å². The third-order valence-electron chi connectivity index (χ3n) is 5.43. The molecule has 6 nitrogen and oxygen atoms in total. The molecule has 1 aromatic heterocycles. The monoisotopic (exact) mass is 449 g/mol. The van der Waals surface area contributed by atoms with Crippen LogP contribution in [0.25, 0.3) is 21.7 Å². The Morgan fingerprint density at radius 3 is 2.69 bits per heavy atom. The summed E-state index contributed by atoms with van der Waals surface area (Å²) in [6.45, 7) is 0. The summed E-state index contributed by atoms with van der Waals surface area (Å²) in [6.07, 6.45) is 0.819. The molecule has 2 aromatic carbocycles. The van der Waals surface area contributed by atoms with Crippen molar-refractivity contribution in [3.05, 3.63) is 64.9 Å². The standard InChI is InChI=1S/C24H20FN3O3S/c25-21-11-16(20-12-18(31-24(20)30)6-8-22(27)29)5-7-19(21)14-1-3-15(4-2-14)23-28-17(9-10-26)13-32-23/h1-5,7,11,13,18,20H,6,8-9,12H2,(H2,27,29)/t18-,20-/m0/s1. The molecule has 1 aliphatic heterocycles. The number of hydrogen-bond donors (Lipinski definition) is 1. The SMILES string of the molecule is N#CCc1csc(-c2ccc(-c3ccc([C@@H]4C[C@H](CCC(N)=O)OC4=O)cc3F)cc2)n1. The Morgan fingerprint density at radius 1 is 1.25 bits per heavy atom. The van der Waals surface area contributed by atoms with Crippen molar-refractivity contribution in [2.75, 3.05) is 0 Å². The number of aromatic nitrogens is 1. The molecule has 1 aliphatic rings. The molecular weight excluding hydrogens is 429 g/mol. The molecular formula is C24H20FN3O3S. The Balaban J connectivity index is 1.49. The van der Waals surface area contributed by atoms with Crippen LogP contribution < -0.4 is 5.73 Å². The molecule has 2 N–H and O–H groups in total. The van der Waals surface area contributed by atoms with Crippen LogP contribution in [0.3, 0.4) is 0 Å². The molecule has 0 radical (unpaired) electrons. The molecule has 162 valence electrons. The molecule has 32 heavy (non-hydrogen) atoms. The molecule has 0 unspecified atom stereocenters. The van der Waals surface area contributed by atoms with Gasteiger partial charge in [-0.2, -0.15) is 5.26 Å². The topological polar surface area (TPSA) is 106 Å². The highest BCUT2D eigenvalue weighted by Crippen LogP contribution is 2.35. The molecule has 0 bridgehead atoms. The zero-order valence-electron chi connectivity index (χ0n) is 17.1. The van der Waals surface area contributed by atoms with E-state index in [1.807, 2.05) is 29.6 Å². The van der Waals surface area contributed by atoms with E-state index in [0.29, 0.717) is 29.5 Å². The van der Waals surface area contributed by atoms with Gasteiger partial charge in [0.2, 0.25) is 5.91 Å². The number of halogens is 1. The third kappa shape index (κ3) is 4.68. The number of nitriles is 1. The number of cyclic esters (lactones) is 1. The number of nitrogens with zero attached hydrogens (tertiary/aromatic N) is 2. The fourth-order valence-electron chi connectivity index (χ4n) is 3.78. The Kier molecular flexibility index (Phi) is 6.28. The van der Waals surface area contributed by atoms with Gasteiger partial charge in [-0.15, -0.1) is 11.3 Å². The number of esters is 1. The van der Waals surface area contributed by atoms with Gasteiger partial charge < -0.3 is 10.5 Å². The number of thiazole rings is 1. The van der Waals surface area contributed by atoms with Gasteiger partial charge in [-0.05, 0) is 23.6 Å². The highest BCUT2D eigenvalue weighted by molar-refractivity contribution is 7.13. The number of amides is 1. The maximum absolute atomic E-state index is 14.9. The molecule has 1 fully saturated rings. The van der Waals surface area contributed by atoms with Crippen LogP contribution >= 0.6 is 11.3 Å². The van der Waals surface area contributed by atoms with E-state index in [0.717, 1.165) is 16.3 Å². The second kappa shape index (κ2) is 9.28. The van der Waals surface area contributed by atoms with Gasteiger partial charge in [-0.3, -0.25) is 9.59 Å². The van der Waals surface area contributed by atoms with Gasteiger partial charge in [-0.25, -0.2) is 9.37 Å². The number of nitrogens with two attached hydrogens (primary N) is 1. The lowest BCUT2D eigenvalue weighted by molar-refractivity contribution is -0.143. The van der Waals surface area contributed by atoms with Gasteiger partial charge in [0.1, 0.15) is 16.9 Å². The molecule has 1 amide bonds. The summed E-state index contributed by atoms with van der Waals surface area (Å²) < 4.78 is 20.2. The van der Waals surface area contributed by atoms with E-state index < -0.39 is 23.6 Å². The maximum atomic E-state index is 14.9. The fraction of sp³-hybridized carbons (Fsp3) is 0.250. The lowest BCUT2D eigenvalue weighted by Gasteiger charge is -2.10. The predicted molar refractivity (Wildman–Crippen MR) is 118 cm³/mol. The molecule has 8 heteroatoms. The Morgan fingerprint density at radius 2 is 2.00 bits per heavy atom. The second-order valence-corrected chi connectivity index (χ2v) is 8.51. The number of ether oxygens (including phenoxy) is 1. The van der Waals surface area contributed by atoms with Crippen molar-refractivity contribution < 1.29 is 18.7 Å². The first-order valence-corrected chi connectivity index (χ1v) is 11.0. The van der Waals surface area contributed by atoms with Crippen molar-refractivity contribution in [2.24, 2.45) is 5.73 Å². The zero-order chi connectivity index (χ0) is 22.7. The average Bonchev–Trinajstić information content (AvgIpc) is 3.39. The van der Waals surface area contributed by atoms with Gasteiger partial charge >= 0.3 is 5.97 Å². The smallest absolute Gasteiger partial charge is 0.313 e. The first-order chi connectivity index (χ1) is 15.4. The minimum atomic E-state index is -0.550. The van der Waals surface area contributed by atoms with Gasteiger partial charge in [0.15, 0.2) is 0 Å². The minimum absolute atomic E-state index is 0.147. The van der Waals surface area contributed by atoms with Crippen LogP contribution in [0.4, 0.5) is 4.39 Å². The molecule has 0 saturated carbocycles. The molecule has 0 spiro atoms. The summed E-state index contributed by atoms with van der Waals surface area (Å²) in [5.74, 6) is -1.82. The number of benzene rings is 2. The van der Waals surface area contributed by atoms with E-state index >= 15 is 0 Å². The third-order valence-corrected chi connectivity index (χ3v) is 6.37. The second-order valence-electron chi connectivity index (χ2n) is 7.65. The summed E-state index contributed by atoms with van der Waals surface area (Å²) in [6, 6.07) is 14.2. The summed E-state index contributed by atoms with van der Waals surface area (Å²) >= 11 is 1.46. The van der Waals surface area contributed by atoms with Gasteiger partial charge in [0.05, 0.1) is 24.1 Å². The van der Waals surface area contributed by atoms with Crippen molar-refractivity contribution >= 4 is 23.2 Å². The first-order valence-electron chi connectivity index (χ1n) is 10.1. The van der Waals surface area contributed by atoms with Crippen LogP contribution in [0.15, 0.2) is 47.8 Å². The fourth-order valence-corrected chi connectivity index (χ4v) is 4.61. The van der Waals surface area contributed by atoms with Crippen molar-refractivity contribution in [3.8, 4) is 27.8 Å². The number of carbonyl (C=O) groups is 2. The Labute approximate surface area is 188 Å². The van der Waals surface area contributed by atoms with Crippen LogP contribution in [0.2, 0.25) is 0 Å². The molecule has 0 aliphatic carbocycles. The van der Waals surface area contributed by atoms with Crippen molar-refractivity contribution in [1.29, 1.82) is 5.26 Å². The zero-order valence-corrected chi connectivity index (χ0v) is 17.9. The number of hydrogen-bond acceptors (Lipinski definition) is 6. The van der Waals surface area contributed by atoms with Crippen LogP contribution in [0, 0.1) is 17.1 Å². The van der Waals surface area contributed by atoms with Crippen LogP contribution in [0.1, 0.15) is 36.4 Å². The van der Waals surface area contributed by atoms with E-state index in [9.17, 15) is 14.0 Å². The van der Waals surface area contributed by atoms with Crippen LogP contribution in [-0.4, -0.2) is 23.0 Å². The molecule has 4 rings (SSSR count). The quantitative estimate of drug-likeness (QED) is 0.540. The summed E-state index contributed by atoms with van der Waals surface area (Å²) in [5.41, 5.74) is 8.49. The molecule has 1 saturated heterocycles. The summed E-state index contributed by atoms with van der Waals surface area (Å²) in [4.78, 5) is 27.6. The van der Waals surface area contributed by atoms with Crippen molar-refractivity contribution in [2.45, 2.75) is 37.7 Å². The van der Waals surface area contributed by atoms with Gasteiger partial charge in [-0.1, -0.05) is 36.4 Å². The lowest BCUT2D eigenvalue weighted by Crippen LogP contribution is -2.15.